The highest BCUT2D eigenvalue weighted by Crippen LogP contribution is 2.28. The molecule has 0 aromatic heterocycles. The van der Waals surface area contributed by atoms with Crippen LogP contribution in [0, 0.1) is 0 Å². The number of hydrogen-bond donors (Lipinski definition) is 1. The number of carbonyl (C=O) groups excluding carboxylic acids is 1. The molecule has 0 spiro atoms. The van der Waals surface area contributed by atoms with Crippen molar-refractivity contribution in [2.24, 2.45) is 0 Å². The minimum atomic E-state index is -0.550. The average Bonchev–Trinajstić information content (AvgIpc) is 2.47. The fraction of sp³-hybridized carbons (Fsp3) is 0.562. The SMILES string of the molecule is CCOC(=O)C(CC)Oc1ccccc1C(CC)NC. The molecule has 1 rings (SSSR count). The number of nitrogens with one attached hydrogen (secondary N) is 1. The first kappa shape index (κ1) is 16.5. The number of hydrogen-bond acceptors (Lipinski definition) is 4. The Hall–Kier alpha value is -1.55. The van der Waals surface area contributed by atoms with Gasteiger partial charge in [-0.1, -0.05) is 32.0 Å². The van der Waals surface area contributed by atoms with Crippen molar-refractivity contribution in [3.05, 3.63) is 29.8 Å². The monoisotopic (exact) mass is 279 g/mol. The molecule has 1 aromatic rings. The summed E-state index contributed by atoms with van der Waals surface area (Å²) in [5.41, 5.74) is 1.07. The molecule has 20 heavy (non-hydrogen) atoms. The van der Waals surface area contributed by atoms with Gasteiger partial charge in [0, 0.05) is 11.6 Å². The molecule has 112 valence electrons. The van der Waals surface area contributed by atoms with Crippen molar-refractivity contribution in [1.82, 2.24) is 5.32 Å². The van der Waals surface area contributed by atoms with E-state index in [1.54, 1.807) is 6.92 Å². The number of carbonyl (C=O) groups is 1. The molecule has 1 N–H and O–H groups in total. The van der Waals surface area contributed by atoms with Gasteiger partial charge in [-0.05, 0) is 32.9 Å². The third kappa shape index (κ3) is 4.23. The third-order valence-electron chi connectivity index (χ3n) is 3.24. The van der Waals surface area contributed by atoms with Crippen LogP contribution in [0.3, 0.4) is 0 Å². The molecule has 4 heteroatoms. The van der Waals surface area contributed by atoms with Gasteiger partial charge in [-0.15, -0.1) is 0 Å². The number of benzene rings is 1. The molecular formula is C16H25NO3. The Morgan fingerprint density at radius 3 is 2.45 bits per heavy atom. The van der Waals surface area contributed by atoms with Crippen LogP contribution >= 0.6 is 0 Å². The first-order valence-electron chi connectivity index (χ1n) is 7.27. The van der Waals surface area contributed by atoms with Gasteiger partial charge in [0.2, 0.25) is 0 Å². The largest absolute Gasteiger partial charge is 0.478 e. The molecule has 0 aliphatic heterocycles. The molecule has 0 amide bonds. The van der Waals surface area contributed by atoms with Crippen LogP contribution in [0.5, 0.6) is 5.75 Å². The Labute approximate surface area is 121 Å². The van der Waals surface area contributed by atoms with E-state index >= 15 is 0 Å². The summed E-state index contributed by atoms with van der Waals surface area (Å²) < 4.78 is 10.9. The van der Waals surface area contributed by atoms with Gasteiger partial charge in [0.25, 0.3) is 0 Å². The van der Waals surface area contributed by atoms with Crippen LogP contribution in [0.1, 0.15) is 45.2 Å². The molecule has 2 unspecified atom stereocenters. The van der Waals surface area contributed by atoms with Gasteiger partial charge < -0.3 is 14.8 Å². The summed E-state index contributed by atoms with van der Waals surface area (Å²) in [4.78, 5) is 11.8. The summed E-state index contributed by atoms with van der Waals surface area (Å²) in [5, 5.41) is 3.26. The van der Waals surface area contributed by atoms with Crippen LogP contribution in [-0.4, -0.2) is 25.7 Å². The van der Waals surface area contributed by atoms with Crippen LogP contribution in [0.15, 0.2) is 24.3 Å². The van der Waals surface area contributed by atoms with Crippen LogP contribution < -0.4 is 10.1 Å². The van der Waals surface area contributed by atoms with Crippen molar-refractivity contribution in [3.63, 3.8) is 0 Å². The second kappa shape index (κ2) is 8.59. The van der Waals surface area contributed by atoms with E-state index in [-0.39, 0.29) is 12.0 Å². The Morgan fingerprint density at radius 2 is 1.90 bits per heavy atom. The molecule has 0 radical (unpaired) electrons. The maximum atomic E-state index is 11.8. The summed E-state index contributed by atoms with van der Waals surface area (Å²) in [7, 11) is 1.92. The predicted octanol–water partition coefficient (Wildman–Crippen LogP) is 3.08. The summed E-state index contributed by atoms with van der Waals surface area (Å²) in [5.74, 6) is 0.441. The van der Waals surface area contributed by atoms with Gasteiger partial charge in [-0.3, -0.25) is 0 Å². The second-order valence-corrected chi connectivity index (χ2v) is 4.55. The minimum absolute atomic E-state index is 0.214. The average molecular weight is 279 g/mol. The van der Waals surface area contributed by atoms with E-state index in [1.165, 1.54) is 0 Å². The van der Waals surface area contributed by atoms with E-state index in [2.05, 4.69) is 12.2 Å². The van der Waals surface area contributed by atoms with Gasteiger partial charge in [0.1, 0.15) is 5.75 Å². The zero-order valence-corrected chi connectivity index (χ0v) is 12.8. The number of para-hydroxylation sites is 1. The lowest BCUT2D eigenvalue weighted by atomic mass is 10.0. The highest BCUT2D eigenvalue weighted by molar-refractivity contribution is 5.75. The molecule has 0 fully saturated rings. The first-order chi connectivity index (χ1) is 9.67. The van der Waals surface area contributed by atoms with Crippen LogP contribution in [0.2, 0.25) is 0 Å². The topological polar surface area (TPSA) is 47.6 Å². The normalized spacial score (nSPS) is 13.6. The molecule has 4 nitrogen and oxygen atoms in total. The lowest BCUT2D eigenvalue weighted by Gasteiger charge is -2.22. The van der Waals surface area contributed by atoms with Crippen molar-refractivity contribution < 1.29 is 14.3 Å². The molecule has 0 bridgehead atoms. The molecule has 0 heterocycles. The summed E-state index contributed by atoms with van der Waals surface area (Å²) >= 11 is 0. The summed E-state index contributed by atoms with van der Waals surface area (Å²) in [6.07, 6.45) is 0.988. The van der Waals surface area contributed by atoms with Crippen LogP contribution in [-0.2, 0) is 9.53 Å². The molecule has 2 atom stereocenters. The molecular weight excluding hydrogens is 254 g/mol. The Kier molecular flexibility index (Phi) is 7.09. The highest BCUT2D eigenvalue weighted by atomic mass is 16.6. The van der Waals surface area contributed by atoms with E-state index in [0.717, 1.165) is 17.7 Å². The van der Waals surface area contributed by atoms with E-state index in [1.807, 2.05) is 38.2 Å². The smallest absolute Gasteiger partial charge is 0.347 e. The maximum Gasteiger partial charge on any atom is 0.347 e. The van der Waals surface area contributed by atoms with Crippen molar-refractivity contribution in [2.45, 2.75) is 45.8 Å². The van der Waals surface area contributed by atoms with Crippen LogP contribution in [0.4, 0.5) is 0 Å². The van der Waals surface area contributed by atoms with E-state index in [9.17, 15) is 4.79 Å². The first-order valence-corrected chi connectivity index (χ1v) is 7.27. The van der Waals surface area contributed by atoms with Gasteiger partial charge in [-0.25, -0.2) is 4.79 Å². The number of ether oxygens (including phenoxy) is 2. The summed E-state index contributed by atoms with van der Waals surface area (Å²) in [6.45, 7) is 6.20. The molecule has 0 aliphatic carbocycles. The molecule has 0 aliphatic rings. The predicted molar refractivity (Wildman–Crippen MR) is 79.9 cm³/mol. The van der Waals surface area contributed by atoms with Crippen molar-refractivity contribution >= 4 is 5.97 Å². The van der Waals surface area contributed by atoms with Crippen LogP contribution in [0.25, 0.3) is 0 Å². The molecule has 1 aromatic carbocycles. The van der Waals surface area contributed by atoms with Crippen molar-refractivity contribution in [1.29, 1.82) is 0 Å². The fourth-order valence-electron chi connectivity index (χ4n) is 2.14. The van der Waals surface area contributed by atoms with Gasteiger partial charge in [0.15, 0.2) is 6.10 Å². The number of rotatable bonds is 8. The lowest BCUT2D eigenvalue weighted by Crippen LogP contribution is -2.29. The van der Waals surface area contributed by atoms with Gasteiger partial charge >= 0.3 is 5.97 Å². The van der Waals surface area contributed by atoms with Crippen molar-refractivity contribution in [3.8, 4) is 5.75 Å². The standard InChI is InChI=1S/C16H25NO3/c1-5-13(17-4)12-10-8-9-11-15(12)20-14(6-2)16(18)19-7-3/h8-11,13-14,17H,5-7H2,1-4H3. The maximum absolute atomic E-state index is 11.8. The minimum Gasteiger partial charge on any atom is -0.478 e. The zero-order valence-electron chi connectivity index (χ0n) is 12.8. The van der Waals surface area contributed by atoms with E-state index in [0.29, 0.717) is 13.0 Å². The lowest BCUT2D eigenvalue weighted by molar-refractivity contribution is -0.151. The Bertz CT molecular complexity index is 416. The van der Waals surface area contributed by atoms with E-state index < -0.39 is 6.10 Å². The van der Waals surface area contributed by atoms with E-state index in [4.69, 9.17) is 9.47 Å². The van der Waals surface area contributed by atoms with Gasteiger partial charge in [0.05, 0.1) is 6.61 Å². The molecule has 0 saturated carbocycles. The van der Waals surface area contributed by atoms with Gasteiger partial charge in [-0.2, -0.15) is 0 Å². The number of esters is 1. The third-order valence-corrected chi connectivity index (χ3v) is 3.24. The Morgan fingerprint density at radius 1 is 1.20 bits per heavy atom. The zero-order chi connectivity index (χ0) is 15.0. The Balaban J connectivity index is 2.93. The van der Waals surface area contributed by atoms with Crippen molar-refractivity contribution in [2.75, 3.05) is 13.7 Å². The molecule has 0 saturated heterocycles. The fourth-order valence-corrected chi connectivity index (χ4v) is 2.14. The summed E-state index contributed by atoms with van der Waals surface area (Å²) in [6, 6.07) is 8.03. The highest BCUT2D eigenvalue weighted by Gasteiger charge is 2.22. The second-order valence-electron chi connectivity index (χ2n) is 4.55. The quantitative estimate of drug-likeness (QED) is 0.743.